The maximum Gasteiger partial charge on any atom is 0.324 e. The summed E-state index contributed by atoms with van der Waals surface area (Å²) in [6.45, 7) is 6.05. The third-order valence-electron chi connectivity index (χ3n) is 5.19. The molecule has 3 amide bonds. The molecule has 0 aliphatic carbocycles. The molecule has 0 unspecified atom stereocenters. The second kappa shape index (κ2) is 9.88. The molecule has 1 saturated heterocycles. The maximum absolute atomic E-state index is 13.7. The Kier molecular flexibility index (Phi) is 7.25. The number of benzene rings is 2. The molecule has 0 saturated carbocycles. The Balaban J connectivity index is 1.85. The highest BCUT2D eigenvalue weighted by atomic mass is 35.5. The average Bonchev–Trinajstić information content (AvgIpc) is 2.79. The average molecular weight is 435 g/mol. The second-order valence-electron chi connectivity index (χ2n) is 7.03. The van der Waals surface area contributed by atoms with Gasteiger partial charge in [0.1, 0.15) is 5.82 Å². The highest BCUT2D eigenvalue weighted by Crippen LogP contribution is 2.26. The van der Waals surface area contributed by atoms with Gasteiger partial charge in [0.05, 0.1) is 11.6 Å². The first-order chi connectivity index (χ1) is 14.4. The minimum Gasteiger partial charge on any atom is -0.322 e. The van der Waals surface area contributed by atoms with E-state index in [0.29, 0.717) is 24.3 Å². The first-order valence-electron chi connectivity index (χ1n) is 9.70. The van der Waals surface area contributed by atoms with E-state index in [1.165, 1.54) is 18.2 Å². The van der Waals surface area contributed by atoms with E-state index in [0.717, 1.165) is 25.2 Å². The summed E-state index contributed by atoms with van der Waals surface area (Å²) in [7, 11) is 0. The lowest BCUT2D eigenvalue weighted by Gasteiger charge is -2.37. The van der Waals surface area contributed by atoms with Crippen LogP contribution in [0.2, 0.25) is 5.02 Å². The van der Waals surface area contributed by atoms with Crippen molar-refractivity contribution in [2.45, 2.75) is 13.5 Å². The Hall–Kier alpha value is -2.68. The van der Waals surface area contributed by atoms with Crippen LogP contribution in [-0.4, -0.2) is 59.7 Å². The van der Waals surface area contributed by atoms with Crippen molar-refractivity contribution in [2.75, 3.05) is 37.6 Å². The molecular formula is C21H24ClFN4O3. The van der Waals surface area contributed by atoms with Gasteiger partial charge in [0, 0.05) is 37.4 Å². The zero-order chi connectivity index (χ0) is 21.7. The van der Waals surface area contributed by atoms with E-state index < -0.39 is 11.7 Å². The molecule has 0 aromatic heterocycles. The summed E-state index contributed by atoms with van der Waals surface area (Å²) < 4.78 is 13.7. The number of nitrogens with one attached hydrogen (secondary N) is 1. The molecular weight excluding hydrogens is 411 g/mol. The van der Waals surface area contributed by atoms with Crippen LogP contribution in [0.3, 0.4) is 0 Å². The number of halogens is 2. The van der Waals surface area contributed by atoms with E-state index in [1.807, 2.05) is 0 Å². The molecule has 2 aromatic carbocycles. The summed E-state index contributed by atoms with van der Waals surface area (Å²) in [5, 5.41) is 8.69. The van der Waals surface area contributed by atoms with Crippen LogP contribution in [0.1, 0.15) is 22.8 Å². The van der Waals surface area contributed by atoms with Crippen LogP contribution < -0.4 is 10.4 Å². The van der Waals surface area contributed by atoms with Gasteiger partial charge in [-0.1, -0.05) is 30.7 Å². The number of hydrogen-bond acceptors (Lipinski definition) is 4. The number of nitrogens with zero attached hydrogens (tertiary/aromatic N) is 3. The lowest BCUT2D eigenvalue weighted by Crippen LogP contribution is -2.52. The van der Waals surface area contributed by atoms with Crippen molar-refractivity contribution in [1.29, 1.82) is 0 Å². The van der Waals surface area contributed by atoms with Crippen molar-refractivity contribution in [2.24, 2.45) is 0 Å². The molecule has 160 valence electrons. The summed E-state index contributed by atoms with van der Waals surface area (Å²) in [6, 6.07) is 10.5. The predicted molar refractivity (Wildman–Crippen MR) is 112 cm³/mol. The molecule has 0 bridgehead atoms. The van der Waals surface area contributed by atoms with Crippen molar-refractivity contribution in [3.05, 3.63) is 64.4 Å². The number of likely N-dealkylation sites (N-methyl/N-ethyl adjacent to an activating group) is 1. The minimum atomic E-state index is -0.617. The molecule has 0 spiro atoms. The van der Waals surface area contributed by atoms with Crippen LogP contribution in [0, 0.1) is 5.82 Å². The Bertz CT molecular complexity index is 902. The molecule has 2 N–H and O–H groups in total. The topological polar surface area (TPSA) is 76.1 Å². The number of rotatable bonds is 5. The fourth-order valence-corrected chi connectivity index (χ4v) is 3.53. The van der Waals surface area contributed by atoms with Crippen LogP contribution in [-0.2, 0) is 6.54 Å². The number of carbonyl (C=O) groups is 2. The molecule has 1 aliphatic rings. The van der Waals surface area contributed by atoms with E-state index in [2.05, 4.69) is 11.8 Å². The monoisotopic (exact) mass is 434 g/mol. The number of hydroxylamine groups is 1. The first kappa shape index (κ1) is 22.0. The van der Waals surface area contributed by atoms with Crippen LogP contribution >= 0.6 is 11.6 Å². The van der Waals surface area contributed by atoms with Crippen molar-refractivity contribution in [3.63, 3.8) is 0 Å². The Labute approximate surface area is 179 Å². The number of amides is 3. The summed E-state index contributed by atoms with van der Waals surface area (Å²) in [5.41, 5.74) is 3.13. The van der Waals surface area contributed by atoms with Crippen LogP contribution in [0.15, 0.2) is 42.5 Å². The molecule has 2 aromatic rings. The van der Waals surface area contributed by atoms with E-state index in [4.69, 9.17) is 16.8 Å². The number of hydrogen-bond donors (Lipinski definition) is 2. The number of anilines is 1. The van der Waals surface area contributed by atoms with Gasteiger partial charge in [-0.2, -0.15) is 0 Å². The second-order valence-corrected chi connectivity index (χ2v) is 7.43. The minimum absolute atomic E-state index is 0.0592. The zero-order valence-corrected chi connectivity index (χ0v) is 17.4. The predicted octanol–water partition coefficient (Wildman–Crippen LogP) is 3.36. The van der Waals surface area contributed by atoms with Gasteiger partial charge in [0.2, 0.25) is 0 Å². The largest absolute Gasteiger partial charge is 0.324 e. The summed E-state index contributed by atoms with van der Waals surface area (Å²) in [5.74, 6) is -1.17. The van der Waals surface area contributed by atoms with Gasteiger partial charge >= 0.3 is 6.03 Å². The van der Waals surface area contributed by atoms with Crippen molar-refractivity contribution < 1.29 is 19.2 Å². The van der Waals surface area contributed by atoms with Crippen LogP contribution in [0.5, 0.6) is 0 Å². The Morgan fingerprint density at radius 1 is 1.13 bits per heavy atom. The molecule has 0 atom stereocenters. The van der Waals surface area contributed by atoms with Crippen LogP contribution in [0.4, 0.5) is 14.9 Å². The number of urea groups is 1. The van der Waals surface area contributed by atoms with Gasteiger partial charge < -0.3 is 9.80 Å². The standard InChI is InChI=1S/C21H24ClFN4O3/c1-2-25-9-11-26(12-10-25)21(29)27(17-7-8-19(23)18(22)13-17)14-15-3-5-16(6-4-15)20(28)24-30/h3-8,13,30H,2,9-12,14H2,1H3,(H,24,28). The van der Waals surface area contributed by atoms with E-state index in [1.54, 1.807) is 39.5 Å². The SMILES string of the molecule is CCN1CCN(C(=O)N(Cc2ccc(C(=O)NO)cc2)c2ccc(F)c(Cl)c2)CC1. The quantitative estimate of drug-likeness (QED) is 0.559. The zero-order valence-electron chi connectivity index (χ0n) is 16.6. The van der Waals surface area contributed by atoms with E-state index in [-0.39, 0.29) is 17.6 Å². The molecule has 1 heterocycles. The summed E-state index contributed by atoms with van der Waals surface area (Å²) >= 11 is 5.96. The van der Waals surface area contributed by atoms with Crippen molar-refractivity contribution >= 4 is 29.2 Å². The Morgan fingerprint density at radius 3 is 2.37 bits per heavy atom. The lowest BCUT2D eigenvalue weighted by atomic mass is 10.1. The molecule has 3 rings (SSSR count). The molecule has 0 radical (unpaired) electrons. The summed E-state index contributed by atoms with van der Waals surface area (Å²) in [6.07, 6.45) is 0. The number of piperazine rings is 1. The fourth-order valence-electron chi connectivity index (χ4n) is 3.36. The van der Waals surface area contributed by atoms with Crippen molar-refractivity contribution in [1.82, 2.24) is 15.3 Å². The van der Waals surface area contributed by atoms with Gasteiger partial charge in [-0.3, -0.25) is 14.9 Å². The highest BCUT2D eigenvalue weighted by molar-refractivity contribution is 6.31. The van der Waals surface area contributed by atoms with Crippen LogP contribution in [0.25, 0.3) is 0 Å². The molecule has 1 aliphatic heterocycles. The molecule has 30 heavy (non-hydrogen) atoms. The maximum atomic E-state index is 13.7. The fraction of sp³-hybridized carbons (Fsp3) is 0.333. The van der Waals surface area contributed by atoms with Crippen molar-refractivity contribution in [3.8, 4) is 0 Å². The molecule has 7 nitrogen and oxygen atoms in total. The first-order valence-corrected chi connectivity index (χ1v) is 10.1. The summed E-state index contributed by atoms with van der Waals surface area (Å²) in [4.78, 5) is 30.4. The third kappa shape index (κ3) is 5.08. The van der Waals surface area contributed by atoms with Gasteiger partial charge in [0.25, 0.3) is 5.91 Å². The lowest BCUT2D eigenvalue weighted by molar-refractivity contribution is 0.0706. The van der Waals surface area contributed by atoms with E-state index in [9.17, 15) is 14.0 Å². The van der Waals surface area contributed by atoms with Gasteiger partial charge in [0.15, 0.2) is 0 Å². The normalized spacial score (nSPS) is 14.5. The highest BCUT2D eigenvalue weighted by Gasteiger charge is 2.26. The van der Waals surface area contributed by atoms with Gasteiger partial charge in [-0.05, 0) is 42.4 Å². The smallest absolute Gasteiger partial charge is 0.322 e. The van der Waals surface area contributed by atoms with Gasteiger partial charge in [-0.25, -0.2) is 14.7 Å². The molecule has 9 heteroatoms. The Morgan fingerprint density at radius 2 is 1.80 bits per heavy atom. The molecule has 1 fully saturated rings. The van der Waals surface area contributed by atoms with E-state index >= 15 is 0 Å². The van der Waals surface area contributed by atoms with Gasteiger partial charge in [-0.15, -0.1) is 0 Å². The third-order valence-corrected chi connectivity index (χ3v) is 5.48. The number of carbonyl (C=O) groups excluding carboxylic acids is 2.